The van der Waals surface area contributed by atoms with Gasteiger partial charge in [0.05, 0.1) is 19.3 Å². The maximum atomic E-state index is 12.1. The first-order valence-corrected chi connectivity index (χ1v) is 12.1. The fraction of sp³-hybridized carbons (Fsp3) is 0.440. The molecule has 3 rings (SSSR count). The number of rotatable bonds is 13. The summed E-state index contributed by atoms with van der Waals surface area (Å²) < 4.78 is 44.2. The summed E-state index contributed by atoms with van der Waals surface area (Å²) in [6, 6.07) is -0.550. The molecule has 3 heterocycles. The van der Waals surface area contributed by atoms with Crippen LogP contribution < -0.4 is 11.6 Å². The van der Waals surface area contributed by atoms with Crippen LogP contribution in [0.15, 0.2) is 51.6 Å². The normalized spacial score (nSPS) is 14.0. The van der Waals surface area contributed by atoms with Gasteiger partial charge in [-0.1, -0.05) is 0 Å². The number of carbonyl (C=O) groups excluding carboxylic acids is 4. The SMILES string of the molecule is Cc1oc(=O)oc1COC(=O)/C=C/C(=O)OCC(COC(=O)/C=C/C(=O)OCc1oc(=O)oc1C)N1CCOCC1. The van der Waals surface area contributed by atoms with Gasteiger partial charge in [-0.25, -0.2) is 28.8 Å². The zero-order valence-corrected chi connectivity index (χ0v) is 22.1. The van der Waals surface area contributed by atoms with Crippen molar-refractivity contribution in [3.8, 4) is 0 Å². The predicted octanol–water partition coefficient (Wildman–Crippen LogP) is 0.0820. The highest BCUT2D eigenvalue weighted by Gasteiger charge is 2.24. The molecule has 0 radical (unpaired) electrons. The van der Waals surface area contributed by atoms with E-state index in [1.807, 2.05) is 4.90 Å². The summed E-state index contributed by atoms with van der Waals surface area (Å²) in [5.74, 6) is -4.96. The van der Waals surface area contributed by atoms with Gasteiger partial charge >= 0.3 is 35.5 Å². The van der Waals surface area contributed by atoms with E-state index in [2.05, 4.69) is 8.83 Å². The van der Waals surface area contributed by atoms with Crippen molar-refractivity contribution in [2.45, 2.75) is 33.1 Å². The summed E-state index contributed by atoms with van der Waals surface area (Å²) in [7, 11) is 0. The van der Waals surface area contributed by atoms with Gasteiger partial charge in [0.25, 0.3) is 0 Å². The quantitative estimate of drug-likeness (QED) is 0.174. The first kappa shape index (κ1) is 30.8. The number of nitrogens with zero attached hydrogens (tertiary/aromatic N) is 1. The maximum absolute atomic E-state index is 12.1. The number of ether oxygens (including phenoxy) is 5. The van der Waals surface area contributed by atoms with E-state index in [1.165, 1.54) is 13.8 Å². The van der Waals surface area contributed by atoms with Gasteiger partial charge in [-0.05, 0) is 13.8 Å². The molecule has 0 amide bonds. The fourth-order valence-corrected chi connectivity index (χ4v) is 3.31. The molecule has 1 aliphatic rings. The lowest BCUT2D eigenvalue weighted by Gasteiger charge is -2.33. The van der Waals surface area contributed by atoms with Gasteiger partial charge in [0.1, 0.15) is 13.2 Å². The molecule has 0 bridgehead atoms. The minimum absolute atomic E-state index is 0.0353. The lowest BCUT2D eigenvalue weighted by molar-refractivity contribution is -0.146. The molecule has 41 heavy (non-hydrogen) atoms. The van der Waals surface area contributed by atoms with Gasteiger partial charge in [-0.3, -0.25) is 4.90 Å². The molecule has 0 aliphatic carbocycles. The van der Waals surface area contributed by atoms with Crippen molar-refractivity contribution < 1.29 is 60.5 Å². The number of esters is 4. The smallest absolute Gasteiger partial charge is 0.461 e. The van der Waals surface area contributed by atoms with Crippen LogP contribution in [0.5, 0.6) is 0 Å². The van der Waals surface area contributed by atoms with E-state index in [1.54, 1.807) is 0 Å². The summed E-state index contributed by atoms with van der Waals surface area (Å²) in [6.45, 7) is 3.61. The number of aryl methyl sites for hydroxylation is 2. The molecule has 2 aromatic heterocycles. The highest BCUT2D eigenvalue weighted by Crippen LogP contribution is 2.09. The largest absolute Gasteiger partial charge is 0.519 e. The van der Waals surface area contributed by atoms with Crippen LogP contribution in [0, 0.1) is 13.8 Å². The molecule has 0 N–H and O–H groups in total. The molecule has 0 atom stereocenters. The Hall–Kier alpha value is -4.70. The molecule has 16 heteroatoms. The minimum Gasteiger partial charge on any atom is -0.461 e. The van der Waals surface area contributed by atoms with Crippen LogP contribution in [0.3, 0.4) is 0 Å². The number of hydrogen-bond acceptors (Lipinski definition) is 16. The van der Waals surface area contributed by atoms with E-state index in [-0.39, 0.29) is 49.5 Å². The highest BCUT2D eigenvalue weighted by molar-refractivity contribution is 5.92. The lowest BCUT2D eigenvalue weighted by Crippen LogP contribution is -2.48. The molecule has 0 spiro atoms. The monoisotopic (exact) mass is 581 g/mol. The third-order valence-corrected chi connectivity index (χ3v) is 5.47. The molecule has 1 aliphatic heterocycles. The van der Waals surface area contributed by atoms with Gasteiger partial charge < -0.3 is 41.4 Å². The summed E-state index contributed by atoms with van der Waals surface area (Å²) >= 11 is 0. The second-order valence-corrected chi connectivity index (χ2v) is 8.31. The summed E-state index contributed by atoms with van der Waals surface area (Å²) in [6.07, 6.45) is 3.39. The number of hydrogen-bond donors (Lipinski definition) is 0. The average molecular weight is 581 g/mol. The fourth-order valence-electron chi connectivity index (χ4n) is 3.31. The van der Waals surface area contributed by atoms with Crippen molar-refractivity contribution in [3.63, 3.8) is 0 Å². The topological polar surface area (TPSA) is 204 Å². The van der Waals surface area contributed by atoms with Crippen LogP contribution in [0.1, 0.15) is 23.0 Å². The minimum atomic E-state index is -0.930. The van der Waals surface area contributed by atoms with E-state index in [4.69, 9.17) is 32.5 Å². The lowest BCUT2D eigenvalue weighted by atomic mass is 10.2. The van der Waals surface area contributed by atoms with Gasteiger partial charge in [-0.2, -0.15) is 0 Å². The van der Waals surface area contributed by atoms with E-state index in [0.717, 1.165) is 24.3 Å². The number of carbonyl (C=O) groups is 4. The Bertz CT molecular complexity index is 1290. The average Bonchev–Trinajstić information content (AvgIpc) is 3.45. The van der Waals surface area contributed by atoms with Crippen molar-refractivity contribution in [2.75, 3.05) is 39.5 Å². The van der Waals surface area contributed by atoms with Gasteiger partial charge in [0.15, 0.2) is 36.3 Å². The Morgan fingerprint density at radius 2 is 1.07 bits per heavy atom. The zero-order valence-electron chi connectivity index (χ0n) is 22.1. The summed E-state index contributed by atoms with van der Waals surface area (Å²) in [4.78, 5) is 71.8. The van der Waals surface area contributed by atoms with Crippen LogP contribution in [-0.2, 0) is 56.1 Å². The van der Waals surface area contributed by atoms with Crippen molar-refractivity contribution in [1.82, 2.24) is 4.90 Å². The molecule has 222 valence electrons. The Balaban J connectivity index is 1.44. The van der Waals surface area contributed by atoms with Crippen molar-refractivity contribution in [1.29, 1.82) is 0 Å². The molecular weight excluding hydrogens is 554 g/mol. The van der Waals surface area contributed by atoms with Crippen molar-refractivity contribution >= 4 is 23.9 Å². The van der Waals surface area contributed by atoms with E-state index < -0.39 is 41.6 Å². The maximum Gasteiger partial charge on any atom is 0.519 e. The Morgan fingerprint density at radius 3 is 1.44 bits per heavy atom. The summed E-state index contributed by atoms with van der Waals surface area (Å²) in [5, 5.41) is 0. The molecular formula is C25H27NO15. The van der Waals surface area contributed by atoms with Crippen LogP contribution in [0.25, 0.3) is 0 Å². The Morgan fingerprint density at radius 1 is 0.683 bits per heavy atom. The third-order valence-electron chi connectivity index (χ3n) is 5.47. The third kappa shape index (κ3) is 10.4. The van der Waals surface area contributed by atoms with E-state index in [0.29, 0.717) is 26.3 Å². The van der Waals surface area contributed by atoms with E-state index in [9.17, 15) is 28.8 Å². The van der Waals surface area contributed by atoms with Gasteiger partial charge in [0.2, 0.25) is 0 Å². The number of morpholine rings is 1. The van der Waals surface area contributed by atoms with Gasteiger partial charge in [-0.15, -0.1) is 0 Å². The second kappa shape index (κ2) is 15.2. The van der Waals surface area contributed by atoms with Crippen LogP contribution in [0.4, 0.5) is 0 Å². The second-order valence-electron chi connectivity index (χ2n) is 8.31. The van der Waals surface area contributed by atoms with Crippen molar-refractivity contribution in [2.24, 2.45) is 0 Å². The van der Waals surface area contributed by atoms with Crippen LogP contribution in [-0.4, -0.2) is 74.3 Å². The molecule has 2 aromatic rings. The Kier molecular flexibility index (Phi) is 11.4. The Labute approximate surface area is 231 Å². The highest BCUT2D eigenvalue weighted by atomic mass is 16.6. The molecule has 0 unspecified atom stereocenters. The van der Waals surface area contributed by atoms with Crippen molar-refractivity contribution in [3.05, 3.63) is 68.6 Å². The molecule has 1 saturated heterocycles. The van der Waals surface area contributed by atoms with Crippen LogP contribution >= 0.6 is 0 Å². The molecule has 0 aromatic carbocycles. The molecule has 16 nitrogen and oxygen atoms in total. The van der Waals surface area contributed by atoms with Gasteiger partial charge in [0, 0.05) is 37.4 Å². The first-order chi connectivity index (χ1) is 19.6. The predicted molar refractivity (Wildman–Crippen MR) is 130 cm³/mol. The van der Waals surface area contributed by atoms with E-state index >= 15 is 0 Å². The summed E-state index contributed by atoms with van der Waals surface area (Å²) in [5.41, 5.74) is 0. The molecule has 1 fully saturated rings. The standard InChI is InChI=1S/C25H27NO15/c1-15-18(40-24(31)38-15)13-36-22(29)5-3-20(27)34-11-17(26-7-9-33-10-8-26)12-35-21(28)4-6-23(30)37-14-19-16(2)39-25(32)41-19/h3-6,17H,7-14H2,1-2H3/b5-3+,6-4+. The van der Waals surface area contributed by atoms with Crippen LogP contribution in [0.2, 0.25) is 0 Å². The first-order valence-electron chi connectivity index (χ1n) is 12.1. The molecule has 0 saturated carbocycles. The zero-order chi connectivity index (χ0) is 29.8.